The average Bonchev–Trinajstić information content (AvgIpc) is 3.19. The zero-order valence-corrected chi connectivity index (χ0v) is 17.4. The lowest BCUT2D eigenvalue weighted by Gasteiger charge is -2.31. The van der Waals surface area contributed by atoms with Crippen molar-refractivity contribution in [3.8, 4) is 5.69 Å². The van der Waals surface area contributed by atoms with Gasteiger partial charge in [-0.2, -0.15) is 15.1 Å². The molecule has 0 spiro atoms. The molecule has 1 aliphatic rings. The number of nitrogens with zero attached hydrogens (tertiary/aromatic N) is 5. The molecule has 1 fully saturated rings. The Hall–Kier alpha value is -3.41. The van der Waals surface area contributed by atoms with Gasteiger partial charge in [0, 0.05) is 18.8 Å². The molecule has 3 heterocycles. The largest absolute Gasteiger partial charge is 0.340 e. The molecule has 0 radical (unpaired) electrons. The van der Waals surface area contributed by atoms with E-state index in [0.717, 1.165) is 47.3 Å². The van der Waals surface area contributed by atoms with Gasteiger partial charge in [-0.1, -0.05) is 37.3 Å². The van der Waals surface area contributed by atoms with Crippen LogP contribution in [0.25, 0.3) is 16.7 Å². The van der Waals surface area contributed by atoms with Crippen molar-refractivity contribution in [3.05, 3.63) is 66.4 Å². The lowest BCUT2D eigenvalue weighted by molar-refractivity contribution is 0.442. The standard InChI is InChI=1S/C24H26N6/c1-17-8-6-10-19(14-17)26-22-21-15-25-30(20-11-4-3-5-12-20)23(21)28-24(27-22)29-13-7-9-18(2)16-29/h3-6,8,10-12,14-15,18H,7,9,13,16H2,1-2H3,(H,26,27,28)/t18-/m0/s1. The number of aryl methyl sites for hydroxylation is 1. The second-order valence-corrected chi connectivity index (χ2v) is 8.19. The molecule has 2 aromatic carbocycles. The first kappa shape index (κ1) is 18.6. The number of hydrogen-bond acceptors (Lipinski definition) is 5. The maximum atomic E-state index is 4.96. The van der Waals surface area contributed by atoms with E-state index < -0.39 is 0 Å². The molecule has 0 aliphatic carbocycles. The first-order valence-electron chi connectivity index (χ1n) is 10.6. The summed E-state index contributed by atoms with van der Waals surface area (Å²) in [5.74, 6) is 2.20. The lowest BCUT2D eigenvalue weighted by atomic mass is 10.0. The molecule has 1 aliphatic heterocycles. The third-order valence-electron chi connectivity index (χ3n) is 5.64. The van der Waals surface area contributed by atoms with Gasteiger partial charge in [0.05, 0.1) is 17.3 Å². The fourth-order valence-corrected chi connectivity index (χ4v) is 4.12. The molecule has 1 N–H and O–H groups in total. The Balaban J connectivity index is 1.64. The van der Waals surface area contributed by atoms with E-state index in [1.165, 1.54) is 18.4 Å². The number of benzene rings is 2. The van der Waals surface area contributed by atoms with E-state index in [1.54, 1.807) is 0 Å². The van der Waals surface area contributed by atoms with E-state index in [-0.39, 0.29) is 0 Å². The van der Waals surface area contributed by atoms with Crippen LogP contribution in [0.2, 0.25) is 0 Å². The molecule has 1 atom stereocenters. The highest BCUT2D eigenvalue weighted by Gasteiger charge is 2.22. The molecular weight excluding hydrogens is 372 g/mol. The molecule has 152 valence electrons. The highest BCUT2D eigenvalue weighted by molar-refractivity contribution is 5.90. The minimum atomic E-state index is 0.644. The minimum absolute atomic E-state index is 0.644. The molecule has 6 heteroatoms. The van der Waals surface area contributed by atoms with Gasteiger partial charge in [-0.25, -0.2) is 4.68 Å². The summed E-state index contributed by atoms with van der Waals surface area (Å²) in [5, 5.41) is 9.07. The molecule has 0 unspecified atom stereocenters. The monoisotopic (exact) mass is 398 g/mol. The van der Waals surface area contributed by atoms with E-state index in [2.05, 4.69) is 53.4 Å². The van der Waals surface area contributed by atoms with E-state index in [9.17, 15) is 0 Å². The van der Waals surface area contributed by atoms with Gasteiger partial charge in [-0.3, -0.25) is 0 Å². The molecule has 4 aromatic rings. The third kappa shape index (κ3) is 3.61. The summed E-state index contributed by atoms with van der Waals surface area (Å²) in [6.07, 6.45) is 4.28. The molecular formula is C24H26N6. The quantitative estimate of drug-likeness (QED) is 0.518. The SMILES string of the molecule is Cc1cccc(Nc2nc(N3CCC[C@H](C)C3)nc3c2cnn3-c2ccccc2)c1. The maximum absolute atomic E-state index is 4.96. The van der Waals surface area contributed by atoms with Crippen LogP contribution in [0.3, 0.4) is 0 Å². The Labute approximate surface area is 176 Å². The van der Waals surface area contributed by atoms with Crippen LogP contribution in [0.5, 0.6) is 0 Å². The zero-order chi connectivity index (χ0) is 20.5. The van der Waals surface area contributed by atoms with Crippen LogP contribution in [0.1, 0.15) is 25.3 Å². The number of aromatic nitrogens is 4. The van der Waals surface area contributed by atoms with E-state index in [4.69, 9.17) is 9.97 Å². The van der Waals surface area contributed by atoms with Crippen LogP contribution in [0.4, 0.5) is 17.5 Å². The predicted molar refractivity (Wildman–Crippen MR) is 122 cm³/mol. The van der Waals surface area contributed by atoms with Crippen LogP contribution in [0.15, 0.2) is 60.8 Å². The summed E-state index contributed by atoms with van der Waals surface area (Å²) in [6.45, 7) is 6.35. The van der Waals surface area contributed by atoms with Crippen molar-refractivity contribution in [3.63, 3.8) is 0 Å². The van der Waals surface area contributed by atoms with Crippen LogP contribution in [-0.4, -0.2) is 32.8 Å². The average molecular weight is 399 g/mol. The Morgan fingerprint density at radius 3 is 2.70 bits per heavy atom. The normalized spacial score (nSPS) is 16.7. The minimum Gasteiger partial charge on any atom is -0.340 e. The van der Waals surface area contributed by atoms with E-state index >= 15 is 0 Å². The Morgan fingerprint density at radius 2 is 1.90 bits per heavy atom. The van der Waals surface area contributed by atoms with Crippen LogP contribution in [-0.2, 0) is 0 Å². The number of rotatable bonds is 4. The summed E-state index contributed by atoms with van der Waals surface area (Å²) >= 11 is 0. The summed E-state index contributed by atoms with van der Waals surface area (Å²) in [5.41, 5.74) is 4.03. The Kier molecular flexibility index (Phi) is 4.83. The number of anilines is 3. The van der Waals surface area contributed by atoms with Gasteiger partial charge in [-0.15, -0.1) is 0 Å². The number of nitrogens with one attached hydrogen (secondary N) is 1. The highest BCUT2D eigenvalue weighted by atomic mass is 15.3. The summed E-state index contributed by atoms with van der Waals surface area (Å²) in [6, 6.07) is 18.5. The van der Waals surface area contributed by atoms with Gasteiger partial charge in [0.1, 0.15) is 5.82 Å². The topological polar surface area (TPSA) is 58.9 Å². The summed E-state index contributed by atoms with van der Waals surface area (Å²) in [4.78, 5) is 12.2. The number of piperidine rings is 1. The van der Waals surface area contributed by atoms with Crippen molar-refractivity contribution in [2.45, 2.75) is 26.7 Å². The fourth-order valence-electron chi connectivity index (χ4n) is 4.12. The van der Waals surface area contributed by atoms with Gasteiger partial charge in [0.25, 0.3) is 0 Å². The van der Waals surface area contributed by atoms with Crippen LogP contribution in [0, 0.1) is 12.8 Å². The van der Waals surface area contributed by atoms with E-state index in [0.29, 0.717) is 5.92 Å². The summed E-state index contributed by atoms with van der Waals surface area (Å²) in [7, 11) is 0. The molecule has 2 aromatic heterocycles. The molecule has 6 nitrogen and oxygen atoms in total. The number of hydrogen-bond donors (Lipinski definition) is 1. The molecule has 0 bridgehead atoms. The lowest BCUT2D eigenvalue weighted by Crippen LogP contribution is -2.35. The first-order valence-corrected chi connectivity index (χ1v) is 10.6. The van der Waals surface area contributed by atoms with Crippen molar-refractivity contribution < 1.29 is 0 Å². The van der Waals surface area contributed by atoms with Crippen molar-refractivity contribution in [1.29, 1.82) is 0 Å². The third-order valence-corrected chi connectivity index (χ3v) is 5.64. The number of fused-ring (bicyclic) bond motifs is 1. The zero-order valence-electron chi connectivity index (χ0n) is 17.4. The van der Waals surface area contributed by atoms with Gasteiger partial charge in [0.15, 0.2) is 5.65 Å². The molecule has 0 saturated carbocycles. The second-order valence-electron chi connectivity index (χ2n) is 8.19. The van der Waals surface area contributed by atoms with Crippen molar-refractivity contribution >= 4 is 28.5 Å². The van der Waals surface area contributed by atoms with Crippen molar-refractivity contribution in [1.82, 2.24) is 19.7 Å². The van der Waals surface area contributed by atoms with Gasteiger partial charge < -0.3 is 10.2 Å². The molecule has 1 saturated heterocycles. The van der Waals surface area contributed by atoms with Crippen molar-refractivity contribution in [2.75, 3.05) is 23.3 Å². The number of para-hydroxylation sites is 1. The first-order chi connectivity index (χ1) is 14.7. The van der Waals surface area contributed by atoms with Gasteiger partial charge in [-0.05, 0) is 55.5 Å². The van der Waals surface area contributed by atoms with Crippen molar-refractivity contribution in [2.24, 2.45) is 5.92 Å². The Bertz CT molecular complexity index is 1170. The summed E-state index contributed by atoms with van der Waals surface area (Å²) < 4.78 is 1.90. The maximum Gasteiger partial charge on any atom is 0.229 e. The highest BCUT2D eigenvalue weighted by Crippen LogP contribution is 2.29. The van der Waals surface area contributed by atoms with Crippen LogP contribution >= 0.6 is 0 Å². The van der Waals surface area contributed by atoms with E-state index in [1.807, 2.05) is 41.2 Å². The predicted octanol–water partition coefficient (Wildman–Crippen LogP) is 5.10. The van der Waals surface area contributed by atoms with Gasteiger partial charge in [0.2, 0.25) is 5.95 Å². The second kappa shape index (κ2) is 7.78. The van der Waals surface area contributed by atoms with Crippen LogP contribution < -0.4 is 10.2 Å². The molecule has 0 amide bonds. The smallest absolute Gasteiger partial charge is 0.229 e. The molecule has 30 heavy (non-hydrogen) atoms. The Morgan fingerprint density at radius 1 is 1.03 bits per heavy atom. The van der Waals surface area contributed by atoms with Gasteiger partial charge >= 0.3 is 0 Å². The fraction of sp³-hybridized carbons (Fsp3) is 0.292. The molecule has 5 rings (SSSR count).